The Labute approximate surface area is 200 Å². The molecule has 9 heteroatoms. The molecule has 0 N–H and O–H groups in total. The number of pyridine rings is 1. The molecule has 0 fully saturated rings. The molecule has 0 amide bonds. The minimum absolute atomic E-state index is 0.0419. The first kappa shape index (κ1) is 22.4. The molecule has 2 aromatic heterocycles. The van der Waals surface area contributed by atoms with Crippen molar-refractivity contribution in [3.05, 3.63) is 100 Å². The zero-order valence-corrected chi connectivity index (χ0v) is 19.1. The molecular weight excluding hydrogens is 451 g/mol. The number of ether oxygens (including phenoxy) is 1. The summed E-state index contributed by atoms with van der Waals surface area (Å²) in [6, 6.07) is 15.0. The van der Waals surface area contributed by atoms with E-state index in [1.165, 1.54) is 29.1 Å². The highest BCUT2D eigenvalue weighted by atomic mass is 19.1. The van der Waals surface area contributed by atoms with Gasteiger partial charge in [0.2, 0.25) is 5.78 Å². The van der Waals surface area contributed by atoms with Gasteiger partial charge in [-0.25, -0.2) is 4.39 Å². The number of nitrogens with zero attached hydrogens (tertiary/aromatic N) is 4. The number of aromatic nitrogens is 4. The number of hydrogen-bond donors (Lipinski definition) is 0. The van der Waals surface area contributed by atoms with Gasteiger partial charge in [-0.3, -0.25) is 14.6 Å². The van der Waals surface area contributed by atoms with E-state index < -0.39 is 11.6 Å². The first-order valence-corrected chi connectivity index (χ1v) is 11.1. The van der Waals surface area contributed by atoms with Crippen molar-refractivity contribution in [3.63, 3.8) is 0 Å². The van der Waals surface area contributed by atoms with Crippen LogP contribution in [0.5, 0.6) is 5.75 Å². The van der Waals surface area contributed by atoms with Crippen LogP contribution in [-0.4, -0.2) is 32.5 Å². The van der Waals surface area contributed by atoms with E-state index in [0.717, 1.165) is 16.7 Å². The predicted molar refractivity (Wildman–Crippen MR) is 124 cm³/mol. The number of carbonyl (C=O) groups is 2. The van der Waals surface area contributed by atoms with Crippen LogP contribution in [0.3, 0.4) is 0 Å². The van der Waals surface area contributed by atoms with Gasteiger partial charge in [-0.05, 0) is 60.9 Å². The van der Waals surface area contributed by atoms with Crippen LogP contribution in [-0.2, 0) is 13.0 Å². The Bertz CT molecular complexity index is 1460. The lowest BCUT2D eigenvalue weighted by molar-refractivity contribution is -0.672. The molecule has 176 valence electrons. The number of hydrogen-bond acceptors (Lipinski definition) is 6. The largest absolute Gasteiger partial charge is 0.691 e. The van der Waals surface area contributed by atoms with E-state index in [0.29, 0.717) is 12.2 Å². The molecule has 0 aliphatic heterocycles. The Morgan fingerprint density at radius 1 is 1.06 bits per heavy atom. The van der Waals surface area contributed by atoms with Gasteiger partial charge in [0.25, 0.3) is 17.2 Å². The fraction of sp³-hybridized carbons (Fsp3) is 0.192. The summed E-state index contributed by atoms with van der Waals surface area (Å²) in [4.78, 5) is 30.0. The van der Waals surface area contributed by atoms with E-state index in [-0.39, 0.29) is 46.0 Å². The molecule has 0 spiro atoms. The molecule has 0 bridgehead atoms. The third-order valence-electron chi connectivity index (χ3n) is 5.76. The van der Waals surface area contributed by atoms with Crippen molar-refractivity contribution in [1.29, 1.82) is 0 Å². The van der Waals surface area contributed by atoms with Gasteiger partial charge in [-0.2, -0.15) is 0 Å². The molecule has 0 radical (unpaired) electrons. The summed E-state index contributed by atoms with van der Waals surface area (Å²) in [7, 11) is 0. The molecule has 1 aliphatic rings. The quantitative estimate of drug-likeness (QED) is 0.277. The molecule has 2 heterocycles. The maximum atomic E-state index is 13.3. The van der Waals surface area contributed by atoms with Gasteiger partial charge < -0.3 is 9.94 Å². The number of carbonyl (C=O) groups excluding carboxylic acids is 2. The SMILES string of the molecule is CC(C)Oc1cc(-c2ccc(F)cc2)ccc1CCn1n[n+]([O-])c2c1C(=O)c1cccnc1C2=O. The maximum absolute atomic E-state index is 13.3. The molecule has 2 aromatic carbocycles. The molecule has 0 atom stereocenters. The number of fused-ring (bicyclic) bond motifs is 2. The zero-order chi connectivity index (χ0) is 24.7. The van der Waals surface area contributed by atoms with Gasteiger partial charge in [0, 0.05) is 12.6 Å². The summed E-state index contributed by atoms with van der Waals surface area (Å²) < 4.78 is 20.6. The first-order chi connectivity index (χ1) is 16.8. The van der Waals surface area contributed by atoms with Crippen LogP contribution in [0.4, 0.5) is 4.39 Å². The molecule has 5 rings (SSSR count). The lowest BCUT2D eigenvalue weighted by Crippen LogP contribution is -2.38. The highest BCUT2D eigenvalue weighted by Crippen LogP contribution is 2.30. The number of rotatable bonds is 6. The van der Waals surface area contributed by atoms with E-state index in [9.17, 15) is 19.2 Å². The molecule has 0 saturated heterocycles. The van der Waals surface area contributed by atoms with Crippen LogP contribution in [0.1, 0.15) is 51.6 Å². The lowest BCUT2D eigenvalue weighted by atomic mass is 9.94. The van der Waals surface area contributed by atoms with E-state index >= 15 is 0 Å². The lowest BCUT2D eigenvalue weighted by Gasteiger charge is -2.16. The van der Waals surface area contributed by atoms with Crippen molar-refractivity contribution >= 4 is 11.6 Å². The number of benzene rings is 2. The molecule has 35 heavy (non-hydrogen) atoms. The number of ketones is 2. The van der Waals surface area contributed by atoms with Crippen molar-refractivity contribution in [1.82, 2.24) is 14.9 Å². The van der Waals surface area contributed by atoms with Crippen LogP contribution in [0.2, 0.25) is 0 Å². The highest BCUT2D eigenvalue weighted by Gasteiger charge is 2.42. The smallest absolute Gasteiger partial charge is 0.258 e. The second-order valence-electron chi connectivity index (χ2n) is 8.49. The number of aryl methyl sites for hydroxylation is 2. The summed E-state index contributed by atoms with van der Waals surface area (Å²) in [6.45, 7) is 4.00. The minimum Gasteiger partial charge on any atom is -0.691 e. The molecular formula is C26H21FN4O4. The van der Waals surface area contributed by atoms with E-state index in [1.807, 2.05) is 32.0 Å². The predicted octanol–water partition coefficient (Wildman–Crippen LogP) is 3.52. The first-order valence-electron chi connectivity index (χ1n) is 11.1. The maximum Gasteiger partial charge on any atom is 0.258 e. The van der Waals surface area contributed by atoms with E-state index in [1.54, 1.807) is 18.2 Å². The van der Waals surface area contributed by atoms with Gasteiger partial charge in [-0.1, -0.05) is 24.3 Å². The van der Waals surface area contributed by atoms with Gasteiger partial charge in [-0.15, -0.1) is 9.53 Å². The Kier molecular flexibility index (Phi) is 5.60. The molecule has 4 aromatic rings. The molecule has 8 nitrogen and oxygen atoms in total. The minimum atomic E-state index is -0.621. The van der Waals surface area contributed by atoms with Crippen LogP contribution >= 0.6 is 0 Å². The summed E-state index contributed by atoms with van der Waals surface area (Å²) >= 11 is 0. The molecule has 0 saturated carbocycles. The van der Waals surface area contributed by atoms with Gasteiger partial charge in [0.05, 0.1) is 16.9 Å². The van der Waals surface area contributed by atoms with Crippen LogP contribution in [0.15, 0.2) is 60.8 Å². The Balaban J connectivity index is 1.46. The Hall–Kier alpha value is -4.40. The standard InChI is InChI=1S/C26H21FN4O4/c1-15(2)35-21-14-18(16-7-9-19(27)10-8-16)6-5-17(21)11-13-30-23-24(31(34)29-30)26(33)22-20(25(23)32)4-3-12-28-22/h3-10,12,14-15H,11,13H2,1-2H3. The summed E-state index contributed by atoms with van der Waals surface area (Å²) in [6.07, 6.45) is 1.70. The van der Waals surface area contributed by atoms with Crippen molar-refractivity contribution in [2.75, 3.05) is 0 Å². The van der Waals surface area contributed by atoms with Crippen molar-refractivity contribution < 1.29 is 23.6 Å². The summed E-state index contributed by atoms with van der Waals surface area (Å²) in [5.74, 6) is -0.762. The third kappa shape index (κ3) is 4.05. The second-order valence-corrected chi connectivity index (χ2v) is 8.49. The van der Waals surface area contributed by atoms with Gasteiger partial charge in [0.15, 0.2) is 0 Å². The topological polar surface area (TPSA) is 101 Å². The fourth-order valence-corrected chi connectivity index (χ4v) is 4.16. The van der Waals surface area contributed by atoms with Crippen LogP contribution in [0, 0.1) is 11.0 Å². The van der Waals surface area contributed by atoms with Crippen molar-refractivity contribution in [2.45, 2.75) is 32.9 Å². The monoisotopic (exact) mass is 472 g/mol. The van der Waals surface area contributed by atoms with Crippen molar-refractivity contribution in [2.24, 2.45) is 0 Å². The highest BCUT2D eigenvalue weighted by molar-refractivity contribution is 6.25. The zero-order valence-electron chi connectivity index (χ0n) is 19.1. The summed E-state index contributed by atoms with van der Waals surface area (Å²) in [5, 5.41) is 16.3. The third-order valence-corrected chi connectivity index (χ3v) is 5.76. The van der Waals surface area contributed by atoms with Gasteiger partial charge >= 0.3 is 0 Å². The number of halogens is 1. The Morgan fingerprint density at radius 3 is 2.54 bits per heavy atom. The van der Waals surface area contributed by atoms with E-state index in [4.69, 9.17) is 4.74 Å². The fourth-order valence-electron chi connectivity index (χ4n) is 4.16. The van der Waals surface area contributed by atoms with E-state index in [2.05, 4.69) is 10.2 Å². The Morgan fingerprint density at radius 2 is 1.80 bits per heavy atom. The summed E-state index contributed by atoms with van der Waals surface area (Å²) in [5.41, 5.74) is 2.30. The average molecular weight is 472 g/mol. The molecule has 1 aliphatic carbocycles. The second kappa shape index (κ2) is 8.75. The van der Waals surface area contributed by atoms with Gasteiger partial charge in [0.1, 0.15) is 23.8 Å². The normalized spacial score (nSPS) is 12.6. The molecule has 0 unspecified atom stereocenters. The van der Waals surface area contributed by atoms with Crippen LogP contribution < -0.4 is 9.58 Å². The van der Waals surface area contributed by atoms with Crippen molar-refractivity contribution in [3.8, 4) is 16.9 Å². The van der Waals surface area contributed by atoms with Crippen LogP contribution in [0.25, 0.3) is 11.1 Å². The average Bonchev–Trinajstić information content (AvgIpc) is 3.18.